The van der Waals surface area contributed by atoms with Gasteiger partial charge in [0.2, 0.25) is 11.9 Å². The number of amides is 1. The predicted octanol–water partition coefficient (Wildman–Crippen LogP) is 1.95. The molecule has 1 heterocycles. The van der Waals surface area contributed by atoms with Crippen LogP contribution in [0.5, 0.6) is 0 Å². The molecule has 4 N–H and O–H groups in total. The van der Waals surface area contributed by atoms with Crippen LogP contribution in [0.25, 0.3) is 0 Å². The van der Waals surface area contributed by atoms with E-state index >= 15 is 0 Å². The van der Waals surface area contributed by atoms with E-state index in [1.807, 2.05) is 0 Å². The molecule has 24 heavy (non-hydrogen) atoms. The van der Waals surface area contributed by atoms with E-state index in [1.165, 1.54) is 26.2 Å². The average molecular weight is 330 g/mol. The minimum Gasteiger partial charge on any atom is -0.465 e. The predicted molar refractivity (Wildman–Crippen MR) is 87.3 cm³/mol. The number of nitrogen functional groups attached to an aromatic ring is 1. The molecule has 10 heteroatoms. The molecule has 2 rings (SSSR count). The number of nitroso groups, excluding NO2 is 1. The van der Waals surface area contributed by atoms with Gasteiger partial charge in [-0.1, -0.05) is 0 Å². The Labute approximate surface area is 136 Å². The van der Waals surface area contributed by atoms with Crippen LogP contribution in [0.15, 0.2) is 29.4 Å². The maximum Gasteiger partial charge on any atom is 0.337 e. The van der Waals surface area contributed by atoms with Gasteiger partial charge in [0.15, 0.2) is 17.3 Å². The van der Waals surface area contributed by atoms with Gasteiger partial charge in [-0.15, -0.1) is 4.91 Å². The summed E-state index contributed by atoms with van der Waals surface area (Å²) in [4.78, 5) is 41.3. The molecular weight excluding hydrogens is 316 g/mol. The molecule has 1 amide bonds. The molecule has 2 aromatic rings. The van der Waals surface area contributed by atoms with Crippen molar-refractivity contribution in [1.82, 2.24) is 9.97 Å². The van der Waals surface area contributed by atoms with Crippen molar-refractivity contribution < 1.29 is 14.3 Å². The summed E-state index contributed by atoms with van der Waals surface area (Å²) in [5.41, 5.74) is 6.25. The number of aromatic nitrogens is 2. The zero-order valence-corrected chi connectivity index (χ0v) is 12.9. The second-order valence-corrected chi connectivity index (χ2v) is 4.59. The summed E-state index contributed by atoms with van der Waals surface area (Å²) in [6, 6.07) is 6.22. The largest absolute Gasteiger partial charge is 0.465 e. The smallest absolute Gasteiger partial charge is 0.337 e. The van der Waals surface area contributed by atoms with Gasteiger partial charge >= 0.3 is 5.97 Å². The first-order valence-electron chi connectivity index (χ1n) is 6.68. The van der Waals surface area contributed by atoms with Crippen LogP contribution in [0.4, 0.5) is 29.0 Å². The molecule has 124 valence electrons. The Morgan fingerprint density at radius 2 is 1.79 bits per heavy atom. The Morgan fingerprint density at radius 3 is 2.33 bits per heavy atom. The Hall–Kier alpha value is -3.56. The number of hydrogen-bond acceptors (Lipinski definition) is 9. The number of anilines is 4. The molecule has 0 atom stereocenters. The van der Waals surface area contributed by atoms with E-state index in [1.54, 1.807) is 12.1 Å². The fraction of sp³-hybridized carbons (Fsp3) is 0.143. The van der Waals surface area contributed by atoms with Crippen LogP contribution in [0, 0.1) is 4.91 Å². The number of carbonyl (C=O) groups is 2. The highest BCUT2D eigenvalue weighted by Gasteiger charge is 2.16. The molecule has 1 aromatic carbocycles. The molecule has 10 nitrogen and oxygen atoms in total. The summed E-state index contributed by atoms with van der Waals surface area (Å²) in [5, 5.41) is 8.03. The molecule has 0 saturated carbocycles. The number of esters is 1. The minimum atomic E-state index is -0.476. The molecule has 0 radical (unpaired) electrons. The maximum absolute atomic E-state index is 11.4. The van der Waals surface area contributed by atoms with Gasteiger partial charge < -0.3 is 21.1 Å². The lowest BCUT2D eigenvalue weighted by atomic mass is 10.2. The summed E-state index contributed by atoms with van der Waals surface area (Å²) in [5.74, 6) is -1.15. The molecule has 0 spiro atoms. The third-order valence-corrected chi connectivity index (χ3v) is 2.86. The molecule has 0 aliphatic carbocycles. The van der Waals surface area contributed by atoms with E-state index < -0.39 is 11.9 Å². The topological polar surface area (TPSA) is 149 Å². The fourth-order valence-corrected chi connectivity index (χ4v) is 1.84. The third kappa shape index (κ3) is 3.80. The second-order valence-electron chi connectivity index (χ2n) is 4.59. The monoisotopic (exact) mass is 330 g/mol. The van der Waals surface area contributed by atoms with Gasteiger partial charge in [-0.2, -0.15) is 9.97 Å². The molecule has 0 aliphatic rings. The van der Waals surface area contributed by atoms with E-state index in [0.717, 1.165) is 0 Å². The van der Waals surface area contributed by atoms with Crippen LogP contribution < -0.4 is 16.4 Å². The Kier molecular flexibility index (Phi) is 5.00. The van der Waals surface area contributed by atoms with Crippen molar-refractivity contribution in [2.45, 2.75) is 6.92 Å². The first kappa shape index (κ1) is 16.8. The van der Waals surface area contributed by atoms with Crippen LogP contribution in [0.3, 0.4) is 0 Å². The Morgan fingerprint density at radius 1 is 1.17 bits per heavy atom. The lowest BCUT2D eigenvalue weighted by molar-refractivity contribution is -0.114. The highest BCUT2D eigenvalue weighted by molar-refractivity contribution is 5.93. The van der Waals surface area contributed by atoms with Crippen LogP contribution >= 0.6 is 0 Å². The number of nitrogens with one attached hydrogen (secondary N) is 2. The quantitative estimate of drug-likeness (QED) is 0.556. The lowest BCUT2D eigenvalue weighted by Gasteiger charge is -2.11. The molecular formula is C14H14N6O4. The van der Waals surface area contributed by atoms with Gasteiger partial charge in [-0.3, -0.25) is 4.79 Å². The van der Waals surface area contributed by atoms with Crippen molar-refractivity contribution in [2.75, 3.05) is 23.5 Å². The van der Waals surface area contributed by atoms with Crippen LogP contribution in [-0.4, -0.2) is 29.0 Å². The summed E-state index contributed by atoms with van der Waals surface area (Å²) in [6.45, 7) is 1.26. The summed E-state index contributed by atoms with van der Waals surface area (Å²) >= 11 is 0. The first-order valence-corrected chi connectivity index (χ1v) is 6.68. The number of methoxy groups -OCH3 is 1. The second kappa shape index (κ2) is 7.13. The molecule has 0 fully saturated rings. The van der Waals surface area contributed by atoms with E-state index in [0.29, 0.717) is 11.3 Å². The van der Waals surface area contributed by atoms with E-state index in [2.05, 4.69) is 30.5 Å². The number of nitrogens with two attached hydrogens (primary N) is 1. The number of hydrogen-bond donors (Lipinski definition) is 3. The van der Waals surface area contributed by atoms with Gasteiger partial charge in [0.25, 0.3) is 0 Å². The number of ether oxygens (including phenoxy) is 1. The maximum atomic E-state index is 11.4. The molecule has 0 bridgehead atoms. The van der Waals surface area contributed by atoms with Crippen molar-refractivity contribution in [2.24, 2.45) is 5.18 Å². The van der Waals surface area contributed by atoms with Crippen LogP contribution in [-0.2, 0) is 9.53 Å². The summed E-state index contributed by atoms with van der Waals surface area (Å²) < 4.78 is 4.61. The van der Waals surface area contributed by atoms with Gasteiger partial charge in [0.05, 0.1) is 12.7 Å². The summed E-state index contributed by atoms with van der Waals surface area (Å²) in [7, 11) is 1.28. The van der Waals surface area contributed by atoms with E-state index in [-0.39, 0.29) is 23.3 Å². The Balaban J connectivity index is 2.35. The van der Waals surface area contributed by atoms with Gasteiger partial charge in [0.1, 0.15) is 0 Å². The van der Waals surface area contributed by atoms with Crippen molar-refractivity contribution in [3.05, 3.63) is 34.7 Å². The molecule has 0 aliphatic heterocycles. The van der Waals surface area contributed by atoms with Crippen molar-refractivity contribution >= 4 is 40.8 Å². The van der Waals surface area contributed by atoms with E-state index in [4.69, 9.17) is 5.73 Å². The van der Waals surface area contributed by atoms with Gasteiger partial charge in [0, 0.05) is 12.6 Å². The number of nitrogens with zero attached hydrogens (tertiary/aromatic N) is 3. The van der Waals surface area contributed by atoms with Gasteiger partial charge in [-0.05, 0) is 29.4 Å². The fourth-order valence-electron chi connectivity index (χ4n) is 1.84. The minimum absolute atomic E-state index is 0.0204. The number of carbonyl (C=O) groups excluding carboxylic acids is 2. The first-order chi connectivity index (χ1) is 11.4. The summed E-state index contributed by atoms with van der Waals surface area (Å²) in [6.07, 6.45) is 0. The van der Waals surface area contributed by atoms with Crippen molar-refractivity contribution in [1.29, 1.82) is 0 Å². The SMILES string of the molecule is COC(=O)c1ccc(Nc2nc(N)nc(NC(C)=O)c2N=O)cc1. The zero-order valence-electron chi connectivity index (χ0n) is 12.9. The molecule has 1 aromatic heterocycles. The standard InChI is InChI=1S/C14H14N6O4/c1-7(21)16-11-10(20-23)12(19-14(15)18-11)17-9-5-3-8(4-6-9)13(22)24-2/h3-6H,1-2H3,(H4,15,16,17,18,19,21). The number of rotatable bonds is 5. The average Bonchev–Trinajstić information content (AvgIpc) is 2.54. The number of benzene rings is 1. The van der Waals surface area contributed by atoms with E-state index in [9.17, 15) is 14.5 Å². The zero-order chi connectivity index (χ0) is 17.7. The lowest BCUT2D eigenvalue weighted by Crippen LogP contribution is -2.11. The van der Waals surface area contributed by atoms with Crippen molar-refractivity contribution in [3.63, 3.8) is 0 Å². The van der Waals surface area contributed by atoms with Gasteiger partial charge in [-0.25, -0.2) is 4.79 Å². The van der Waals surface area contributed by atoms with Crippen molar-refractivity contribution in [3.8, 4) is 0 Å². The molecule has 0 unspecified atom stereocenters. The normalized spacial score (nSPS) is 9.92. The third-order valence-electron chi connectivity index (χ3n) is 2.86. The molecule has 0 saturated heterocycles. The van der Waals surface area contributed by atoms with Crippen LogP contribution in [0.2, 0.25) is 0 Å². The Bertz CT molecular complexity index is 791. The highest BCUT2D eigenvalue weighted by Crippen LogP contribution is 2.33. The highest BCUT2D eigenvalue weighted by atomic mass is 16.5. The van der Waals surface area contributed by atoms with Crippen LogP contribution in [0.1, 0.15) is 17.3 Å².